The zero-order chi connectivity index (χ0) is 35.6. The highest BCUT2D eigenvalue weighted by molar-refractivity contribution is 5.23. The molecule has 0 unspecified atom stereocenters. The summed E-state index contributed by atoms with van der Waals surface area (Å²) < 4.78 is 24.1. The molecule has 12 aliphatic heterocycles. The van der Waals surface area contributed by atoms with Crippen LogP contribution in [0.4, 0.5) is 0 Å². The van der Waals surface area contributed by atoms with Crippen molar-refractivity contribution in [2.75, 3.05) is 165 Å². The Morgan fingerprint density at radius 3 is 0.808 bits per heavy atom. The molecule has 12 aliphatic rings. The molecular weight excluding hydrogens is 654 g/mol. The number of piperazine rings is 2. The van der Waals surface area contributed by atoms with Gasteiger partial charge in [-0.3, -0.25) is 29.4 Å². The molecule has 10 bridgehead atoms. The van der Waals surface area contributed by atoms with Gasteiger partial charge in [0.25, 0.3) is 0 Å². The van der Waals surface area contributed by atoms with E-state index in [0.717, 1.165) is 131 Å². The lowest BCUT2D eigenvalue weighted by Crippen LogP contribution is -2.49. The minimum absolute atomic E-state index is 0.615. The second-order valence-electron chi connectivity index (χ2n) is 15.2. The van der Waals surface area contributed by atoms with Crippen molar-refractivity contribution < 1.29 is 18.9 Å². The summed E-state index contributed by atoms with van der Waals surface area (Å²) in [4.78, 5) is 17.9. The highest BCUT2D eigenvalue weighted by Gasteiger charge is 2.20. The molecule has 0 aliphatic carbocycles. The van der Waals surface area contributed by atoms with E-state index in [1.807, 2.05) is 0 Å². The zero-order valence-corrected chi connectivity index (χ0v) is 32.2. The summed E-state index contributed by atoms with van der Waals surface area (Å²) in [7, 11) is 2.30. The first-order chi connectivity index (χ1) is 25.6. The summed E-state index contributed by atoms with van der Waals surface area (Å²) in [5.41, 5.74) is 5.47. The molecule has 0 radical (unpaired) electrons. The number of benzene rings is 2. The van der Waals surface area contributed by atoms with Gasteiger partial charge in [0.1, 0.15) is 0 Å². The van der Waals surface area contributed by atoms with Gasteiger partial charge in [-0.25, -0.2) is 0 Å². The van der Waals surface area contributed by atoms with Crippen LogP contribution >= 0.6 is 0 Å². The van der Waals surface area contributed by atoms with Crippen LogP contribution in [0.3, 0.4) is 0 Å². The van der Waals surface area contributed by atoms with Crippen molar-refractivity contribution in [3.8, 4) is 0 Å². The summed E-state index contributed by atoms with van der Waals surface area (Å²) >= 11 is 0. The molecule has 0 amide bonds. The number of nitrogens with zero attached hydrogens (tertiary/aromatic N) is 7. The van der Waals surface area contributed by atoms with E-state index in [1.54, 1.807) is 0 Å². The average molecular weight is 722 g/mol. The Balaban J connectivity index is 1.06. The van der Waals surface area contributed by atoms with Crippen molar-refractivity contribution in [2.24, 2.45) is 0 Å². The van der Waals surface area contributed by atoms with Crippen LogP contribution in [0.1, 0.15) is 22.3 Å². The normalized spacial score (nSPS) is 30.9. The Morgan fingerprint density at radius 1 is 0.288 bits per heavy atom. The fraction of sp³-hybridized carbons (Fsp3) is 0.707. The summed E-state index contributed by atoms with van der Waals surface area (Å²) in [6.07, 6.45) is 0. The molecule has 11 heteroatoms. The third-order valence-electron chi connectivity index (χ3n) is 11.1. The van der Waals surface area contributed by atoms with Crippen molar-refractivity contribution in [1.29, 1.82) is 0 Å². The molecule has 11 nitrogen and oxygen atoms in total. The maximum atomic E-state index is 6.02. The van der Waals surface area contributed by atoms with Gasteiger partial charge in [0.15, 0.2) is 0 Å². The van der Waals surface area contributed by atoms with Gasteiger partial charge >= 0.3 is 0 Å². The van der Waals surface area contributed by atoms with Gasteiger partial charge in [0.2, 0.25) is 0 Å². The van der Waals surface area contributed by atoms with E-state index in [2.05, 4.69) is 89.9 Å². The summed E-state index contributed by atoms with van der Waals surface area (Å²) in [6, 6.07) is 18.5. The van der Waals surface area contributed by atoms with Crippen LogP contribution in [-0.4, -0.2) is 199 Å². The molecule has 3 fully saturated rings. The fourth-order valence-corrected chi connectivity index (χ4v) is 7.57. The Morgan fingerprint density at radius 2 is 0.519 bits per heavy atom. The molecular formula is C41H67N7O4. The van der Waals surface area contributed by atoms with Crippen molar-refractivity contribution in [3.63, 3.8) is 0 Å². The van der Waals surface area contributed by atoms with Crippen LogP contribution in [-0.2, 0) is 45.1 Å². The Hall–Kier alpha value is -2.00. The third kappa shape index (κ3) is 14.3. The molecule has 2 aromatic rings. The predicted octanol–water partition coefficient (Wildman–Crippen LogP) is 2.25. The number of rotatable bonds is 0. The molecule has 2 aromatic carbocycles. The van der Waals surface area contributed by atoms with Crippen LogP contribution in [0.15, 0.2) is 48.5 Å². The Kier molecular flexibility index (Phi) is 17.1. The molecule has 290 valence electrons. The van der Waals surface area contributed by atoms with Crippen LogP contribution in [0.25, 0.3) is 0 Å². The minimum atomic E-state index is 0.615. The van der Waals surface area contributed by atoms with Crippen LogP contribution in [0.5, 0.6) is 0 Å². The first-order valence-corrected chi connectivity index (χ1v) is 20.1. The van der Waals surface area contributed by atoms with Gasteiger partial charge in [0, 0.05) is 131 Å². The van der Waals surface area contributed by atoms with Gasteiger partial charge < -0.3 is 23.8 Å². The molecule has 0 N–H and O–H groups in total. The summed E-state index contributed by atoms with van der Waals surface area (Å²) in [6.45, 7) is 26.3. The SMILES string of the molecule is CN1CCN2CCN(CC2)Cc2ccc(cc2)CN2CCOCCOCCN(CCOCCOCC2)Cc2ccc(cc2)CN2CCN(CC1)CC2. The van der Waals surface area contributed by atoms with Crippen molar-refractivity contribution in [2.45, 2.75) is 26.2 Å². The van der Waals surface area contributed by atoms with Gasteiger partial charge in [-0.05, 0) is 29.3 Å². The maximum absolute atomic E-state index is 6.02. The summed E-state index contributed by atoms with van der Waals surface area (Å²) in [5.74, 6) is 0. The molecule has 0 atom stereocenters. The smallest absolute Gasteiger partial charge is 0.0701 e. The molecule has 14 rings (SSSR count). The average Bonchev–Trinajstić information content (AvgIpc) is 3.16. The lowest BCUT2D eigenvalue weighted by molar-refractivity contribution is 0.00624. The molecule has 12 heterocycles. The molecule has 0 spiro atoms. The van der Waals surface area contributed by atoms with Gasteiger partial charge in [-0.2, -0.15) is 0 Å². The standard InChI is InChI=1S/C41H67N7O4/c1-42-10-12-43-14-18-45(19-15-43)34-38-2-6-40(7-3-38)36-47-22-26-49-30-32-51-28-24-48(25-29-52-33-31-50-27-23-47)37-41-8-4-39(5-9-41)35-46-20-16-44(13-11-42)17-21-46/h2-9H,10-37H2,1H3. The first-order valence-electron chi connectivity index (χ1n) is 20.1. The van der Waals surface area contributed by atoms with Crippen LogP contribution in [0.2, 0.25) is 0 Å². The second kappa shape index (κ2) is 22.4. The fourth-order valence-electron chi connectivity index (χ4n) is 7.57. The van der Waals surface area contributed by atoms with Crippen molar-refractivity contribution in [3.05, 3.63) is 70.8 Å². The van der Waals surface area contributed by atoms with Crippen LogP contribution in [0, 0.1) is 0 Å². The summed E-state index contributed by atoms with van der Waals surface area (Å²) in [5, 5.41) is 0. The molecule has 0 aromatic heterocycles. The molecule has 52 heavy (non-hydrogen) atoms. The topological polar surface area (TPSA) is 59.6 Å². The van der Waals surface area contributed by atoms with E-state index in [1.165, 1.54) is 22.3 Å². The molecule has 0 saturated carbocycles. The quantitative estimate of drug-likeness (QED) is 0.403. The highest BCUT2D eigenvalue weighted by Crippen LogP contribution is 2.14. The van der Waals surface area contributed by atoms with Gasteiger partial charge in [-0.1, -0.05) is 48.5 Å². The monoisotopic (exact) mass is 722 g/mol. The number of hydrogen-bond donors (Lipinski definition) is 0. The molecule has 3 saturated heterocycles. The van der Waals surface area contributed by atoms with Crippen molar-refractivity contribution in [1.82, 2.24) is 34.3 Å². The van der Waals surface area contributed by atoms with E-state index in [4.69, 9.17) is 18.9 Å². The highest BCUT2D eigenvalue weighted by atomic mass is 16.5. The van der Waals surface area contributed by atoms with E-state index < -0.39 is 0 Å². The van der Waals surface area contributed by atoms with Gasteiger partial charge in [0.05, 0.1) is 52.9 Å². The van der Waals surface area contributed by atoms with Crippen molar-refractivity contribution >= 4 is 0 Å². The largest absolute Gasteiger partial charge is 0.378 e. The predicted molar refractivity (Wildman–Crippen MR) is 208 cm³/mol. The first kappa shape index (κ1) is 39.7. The van der Waals surface area contributed by atoms with Gasteiger partial charge in [-0.15, -0.1) is 0 Å². The maximum Gasteiger partial charge on any atom is 0.0701 e. The lowest BCUT2D eigenvalue weighted by Gasteiger charge is -2.36. The van der Waals surface area contributed by atoms with E-state index in [9.17, 15) is 0 Å². The lowest BCUT2D eigenvalue weighted by atomic mass is 10.1. The number of ether oxygens (including phenoxy) is 4. The van der Waals surface area contributed by atoms with E-state index >= 15 is 0 Å². The third-order valence-corrected chi connectivity index (χ3v) is 11.1. The number of likely N-dealkylation sites (N-methyl/N-ethyl adjacent to an activating group) is 1. The van der Waals surface area contributed by atoms with Crippen LogP contribution < -0.4 is 0 Å². The van der Waals surface area contributed by atoms with E-state index in [-0.39, 0.29) is 0 Å². The minimum Gasteiger partial charge on any atom is -0.378 e. The van der Waals surface area contributed by atoms with E-state index in [0.29, 0.717) is 52.9 Å². The number of hydrogen-bond acceptors (Lipinski definition) is 11. The zero-order valence-electron chi connectivity index (χ0n) is 32.2. The second-order valence-corrected chi connectivity index (χ2v) is 15.2. The Bertz CT molecular complexity index is 1120. The Labute approximate surface area is 314 Å².